The van der Waals surface area contributed by atoms with Crippen LogP contribution in [0.15, 0.2) is 0 Å². The highest BCUT2D eigenvalue weighted by Crippen LogP contribution is 2.26. The van der Waals surface area contributed by atoms with Crippen LogP contribution in [0.5, 0.6) is 0 Å². The van der Waals surface area contributed by atoms with Gasteiger partial charge in [0.25, 0.3) is 0 Å². The molecule has 1 aliphatic rings. The standard InChI is InChI=1S/C13H24N2/c1-3-6-12(7-4-2)15-13-9-5-8-11(13)10-14/h11-13,15H,3-9H2,1-2H3. The maximum atomic E-state index is 9.02. The lowest BCUT2D eigenvalue weighted by atomic mass is 10.0. The average Bonchev–Trinajstić information content (AvgIpc) is 2.66. The zero-order valence-electron chi connectivity index (χ0n) is 10.1. The molecule has 0 aromatic rings. The van der Waals surface area contributed by atoms with E-state index < -0.39 is 0 Å². The fourth-order valence-corrected chi connectivity index (χ4v) is 2.62. The summed E-state index contributed by atoms with van der Waals surface area (Å²) in [6.45, 7) is 4.47. The molecule has 15 heavy (non-hydrogen) atoms. The quantitative estimate of drug-likeness (QED) is 0.727. The Kier molecular flexibility index (Phi) is 5.71. The van der Waals surface area contributed by atoms with Crippen LogP contribution in [-0.4, -0.2) is 12.1 Å². The van der Waals surface area contributed by atoms with Gasteiger partial charge in [0.1, 0.15) is 0 Å². The normalized spacial score (nSPS) is 25.7. The number of hydrogen-bond donors (Lipinski definition) is 1. The fourth-order valence-electron chi connectivity index (χ4n) is 2.62. The first-order valence-electron chi connectivity index (χ1n) is 6.47. The molecule has 0 aromatic heterocycles. The number of hydrogen-bond acceptors (Lipinski definition) is 2. The van der Waals surface area contributed by atoms with Gasteiger partial charge >= 0.3 is 0 Å². The molecule has 0 saturated heterocycles. The van der Waals surface area contributed by atoms with Crippen LogP contribution in [-0.2, 0) is 0 Å². The summed E-state index contributed by atoms with van der Waals surface area (Å²) >= 11 is 0. The topological polar surface area (TPSA) is 35.8 Å². The van der Waals surface area contributed by atoms with Gasteiger partial charge in [-0.2, -0.15) is 5.26 Å². The maximum Gasteiger partial charge on any atom is 0.0672 e. The monoisotopic (exact) mass is 208 g/mol. The van der Waals surface area contributed by atoms with E-state index in [9.17, 15) is 0 Å². The highest BCUT2D eigenvalue weighted by atomic mass is 15.0. The molecule has 0 aromatic carbocycles. The van der Waals surface area contributed by atoms with Gasteiger partial charge in [-0.3, -0.25) is 0 Å². The van der Waals surface area contributed by atoms with Crippen LogP contribution in [0.25, 0.3) is 0 Å². The van der Waals surface area contributed by atoms with Crippen molar-refractivity contribution in [2.75, 3.05) is 0 Å². The Hall–Kier alpha value is -0.550. The minimum atomic E-state index is 0.265. The minimum absolute atomic E-state index is 0.265. The van der Waals surface area contributed by atoms with E-state index in [1.54, 1.807) is 0 Å². The largest absolute Gasteiger partial charge is 0.310 e. The summed E-state index contributed by atoms with van der Waals surface area (Å²) in [6, 6.07) is 3.55. The average molecular weight is 208 g/mol. The van der Waals surface area contributed by atoms with Crippen molar-refractivity contribution in [2.45, 2.75) is 70.9 Å². The van der Waals surface area contributed by atoms with Crippen LogP contribution in [0.1, 0.15) is 58.8 Å². The molecule has 0 aliphatic heterocycles. The lowest BCUT2D eigenvalue weighted by Gasteiger charge is -2.24. The Balaban J connectivity index is 2.39. The van der Waals surface area contributed by atoms with Crippen molar-refractivity contribution in [1.29, 1.82) is 5.26 Å². The van der Waals surface area contributed by atoms with Gasteiger partial charge in [0.2, 0.25) is 0 Å². The van der Waals surface area contributed by atoms with Crippen LogP contribution in [0.2, 0.25) is 0 Å². The summed E-state index contributed by atoms with van der Waals surface area (Å²) in [6.07, 6.45) is 8.50. The molecule has 0 amide bonds. The minimum Gasteiger partial charge on any atom is -0.310 e. The van der Waals surface area contributed by atoms with E-state index in [1.807, 2.05) is 0 Å². The maximum absolute atomic E-state index is 9.02. The molecule has 1 fully saturated rings. The zero-order valence-corrected chi connectivity index (χ0v) is 10.1. The van der Waals surface area contributed by atoms with Gasteiger partial charge in [0, 0.05) is 12.1 Å². The molecule has 2 heteroatoms. The Morgan fingerprint density at radius 1 is 1.27 bits per heavy atom. The fraction of sp³-hybridized carbons (Fsp3) is 0.923. The van der Waals surface area contributed by atoms with E-state index in [4.69, 9.17) is 5.26 Å². The first-order valence-corrected chi connectivity index (χ1v) is 6.47. The summed E-state index contributed by atoms with van der Waals surface area (Å²) in [5, 5.41) is 12.7. The van der Waals surface area contributed by atoms with Crippen molar-refractivity contribution in [2.24, 2.45) is 5.92 Å². The van der Waals surface area contributed by atoms with Crippen LogP contribution < -0.4 is 5.32 Å². The van der Waals surface area contributed by atoms with Crippen molar-refractivity contribution in [3.8, 4) is 6.07 Å². The van der Waals surface area contributed by atoms with Crippen molar-refractivity contribution in [3.05, 3.63) is 0 Å². The molecule has 0 bridgehead atoms. The van der Waals surface area contributed by atoms with E-state index in [2.05, 4.69) is 25.2 Å². The zero-order chi connectivity index (χ0) is 11.1. The molecular weight excluding hydrogens is 184 g/mol. The van der Waals surface area contributed by atoms with E-state index in [0.29, 0.717) is 12.1 Å². The number of rotatable bonds is 6. The summed E-state index contributed by atoms with van der Waals surface area (Å²) in [5.41, 5.74) is 0. The second-order valence-electron chi connectivity index (χ2n) is 4.71. The molecule has 1 N–H and O–H groups in total. The summed E-state index contributed by atoms with van der Waals surface area (Å²) in [5.74, 6) is 0.265. The number of nitrogens with zero attached hydrogens (tertiary/aromatic N) is 1. The Bertz CT molecular complexity index is 201. The third-order valence-corrected chi connectivity index (χ3v) is 3.41. The van der Waals surface area contributed by atoms with E-state index in [1.165, 1.54) is 38.5 Å². The van der Waals surface area contributed by atoms with E-state index in [0.717, 1.165) is 6.42 Å². The molecule has 2 nitrogen and oxygen atoms in total. The smallest absolute Gasteiger partial charge is 0.0672 e. The van der Waals surface area contributed by atoms with Gasteiger partial charge in [0.05, 0.1) is 12.0 Å². The van der Waals surface area contributed by atoms with Gasteiger partial charge in [-0.15, -0.1) is 0 Å². The first-order chi connectivity index (χ1) is 7.31. The molecule has 2 atom stereocenters. The van der Waals surface area contributed by atoms with E-state index in [-0.39, 0.29) is 5.92 Å². The molecule has 2 unspecified atom stereocenters. The molecule has 0 heterocycles. The SMILES string of the molecule is CCCC(CCC)NC1CCCC1C#N. The van der Waals surface area contributed by atoms with Crippen LogP contribution in [0.4, 0.5) is 0 Å². The van der Waals surface area contributed by atoms with Crippen LogP contribution in [0, 0.1) is 17.2 Å². The van der Waals surface area contributed by atoms with Crippen molar-refractivity contribution >= 4 is 0 Å². The highest BCUT2D eigenvalue weighted by Gasteiger charge is 2.28. The Morgan fingerprint density at radius 3 is 2.47 bits per heavy atom. The second-order valence-corrected chi connectivity index (χ2v) is 4.71. The van der Waals surface area contributed by atoms with Crippen molar-refractivity contribution in [1.82, 2.24) is 5.32 Å². The Morgan fingerprint density at radius 2 is 1.93 bits per heavy atom. The predicted octanol–water partition coefficient (Wildman–Crippen LogP) is 3.24. The van der Waals surface area contributed by atoms with Crippen LogP contribution in [0.3, 0.4) is 0 Å². The molecule has 86 valence electrons. The lowest BCUT2D eigenvalue weighted by molar-refractivity contribution is 0.360. The van der Waals surface area contributed by atoms with Crippen molar-refractivity contribution < 1.29 is 0 Å². The molecule has 0 radical (unpaired) electrons. The third kappa shape index (κ3) is 3.83. The van der Waals surface area contributed by atoms with Gasteiger partial charge in [-0.05, 0) is 25.7 Å². The van der Waals surface area contributed by atoms with E-state index >= 15 is 0 Å². The predicted molar refractivity (Wildman–Crippen MR) is 63.5 cm³/mol. The summed E-state index contributed by atoms with van der Waals surface area (Å²) in [4.78, 5) is 0. The summed E-state index contributed by atoms with van der Waals surface area (Å²) in [7, 11) is 0. The molecule has 1 saturated carbocycles. The molecule has 1 aliphatic carbocycles. The first kappa shape index (κ1) is 12.5. The number of nitriles is 1. The van der Waals surface area contributed by atoms with Gasteiger partial charge in [-0.25, -0.2) is 0 Å². The van der Waals surface area contributed by atoms with Gasteiger partial charge in [-0.1, -0.05) is 33.1 Å². The third-order valence-electron chi connectivity index (χ3n) is 3.41. The highest BCUT2D eigenvalue weighted by molar-refractivity contribution is 4.97. The Labute approximate surface area is 94.1 Å². The van der Waals surface area contributed by atoms with Gasteiger partial charge in [0.15, 0.2) is 0 Å². The molecule has 1 rings (SSSR count). The molecule has 0 spiro atoms. The summed E-state index contributed by atoms with van der Waals surface area (Å²) < 4.78 is 0. The van der Waals surface area contributed by atoms with Gasteiger partial charge < -0.3 is 5.32 Å². The lowest BCUT2D eigenvalue weighted by Crippen LogP contribution is -2.40. The number of nitrogens with one attached hydrogen (secondary N) is 1. The van der Waals surface area contributed by atoms with Crippen LogP contribution >= 0.6 is 0 Å². The molecular formula is C13H24N2. The second kappa shape index (κ2) is 6.85. The van der Waals surface area contributed by atoms with Crippen molar-refractivity contribution in [3.63, 3.8) is 0 Å².